The summed E-state index contributed by atoms with van der Waals surface area (Å²) in [6.45, 7) is 2.74. The maximum absolute atomic E-state index is 13.0. The minimum atomic E-state index is 0. The van der Waals surface area contributed by atoms with Crippen molar-refractivity contribution < 1.29 is 14.3 Å². The standard InChI is InChI=1S/C20H29ClN2O3.ClH/c21-15-6-7-19(26-17-4-1-2-5-17)18(14-15)20(24)23-11-8-16(9-12-23)25-13-3-10-22;/h6-7,14,16-17H,1-5,8-13,22H2;1H. The Hall–Kier alpha value is -1.01. The predicted molar refractivity (Wildman–Crippen MR) is 110 cm³/mol. The molecule has 0 aromatic heterocycles. The summed E-state index contributed by atoms with van der Waals surface area (Å²) in [5.74, 6) is 0.661. The first-order valence-electron chi connectivity index (χ1n) is 9.74. The molecule has 1 amide bonds. The molecule has 27 heavy (non-hydrogen) atoms. The molecule has 0 radical (unpaired) electrons. The Balaban J connectivity index is 0.00000261. The second-order valence-corrected chi connectivity index (χ2v) is 7.61. The summed E-state index contributed by atoms with van der Waals surface area (Å²) in [5, 5.41) is 0.562. The maximum Gasteiger partial charge on any atom is 0.257 e. The van der Waals surface area contributed by atoms with Gasteiger partial charge in [0, 0.05) is 24.7 Å². The van der Waals surface area contributed by atoms with Crippen molar-refractivity contribution in [1.82, 2.24) is 4.90 Å². The van der Waals surface area contributed by atoms with Gasteiger partial charge in [-0.2, -0.15) is 0 Å². The van der Waals surface area contributed by atoms with Gasteiger partial charge in [-0.1, -0.05) is 11.6 Å². The summed E-state index contributed by atoms with van der Waals surface area (Å²) in [5.41, 5.74) is 6.08. The topological polar surface area (TPSA) is 64.8 Å². The number of amides is 1. The van der Waals surface area contributed by atoms with Gasteiger partial charge in [0.2, 0.25) is 0 Å². The number of carbonyl (C=O) groups is 1. The average molecular weight is 417 g/mol. The van der Waals surface area contributed by atoms with E-state index in [0.717, 1.165) is 32.1 Å². The van der Waals surface area contributed by atoms with Gasteiger partial charge in [0.1, 0.15) is 5.75 Å². The Kier molecular flexibility index (Phi) is 9.16. The zero-order chi connectivity index (χ0) is 18.4. The minimum absolute atomic E-state index is 0. The van der Waals surface area contributed by atoms with Crippen molar-refractivity contribution in [2.75, 3.05) is 26.2 Å². The summed E-state index contributed by atoms with van der Waals surface area (Å²) in [4.78, 5) is 14.9. The van der Waals surface area contributed by atoms with Gasteiger partial charge in [-0.25, -0.2) is 0 Å². The van der Waals surface area contributed by atoms with Crippen LogP contribution in [0, 0.1) is 0 Å². The molecule has 1 aromatic rings. The van der Waals surface area contributed by atoms with Crippen molar-refractivity contribution in [3.63, 3.8) is 0 Å². The highest BCUT2D eigenvalue weighted by Gasteiger charge is 2.27. The molecule has 1 saturated carbocycles. The molecule has 1 heterocycles. The number of nitrogens with zero attached hydrogens (tertiary/aromatic N) is 1. The highest BCUT2D eigenvalue weighted by molar-refractivity contribution is 6.31. The minimum Gasteiger partial charge on any atom is -0.490 e. The fourth-order valence-corrected chi connectivity index (χ4v) is 3.86. The van der Waals surface area contributed by atoms with Crippen molar-refractivity contribution in [2.45, 2.75) is 57.2 Å². The number of hydrogen-bond donors (Lipinski definition) is 1. The molecule has 3 rings (SSSR count). The maximum atomic E-state index is 13.0. The summed E-state index contributed by atoms with van der Waals surface area (Å²) < 4.78 is 11.9. The molecule has 1 aromatic carbocycles. The van der Waals surface area contributed by atoms with E-state index in [-0.39, 0.29) is 30.5 Å². The lowest BCUT2D eigenvalue weighted by molar-refractivity contribution is 0.00832. The molecule has 0 atom stereocenters. The SMILES string of the molecule is Cl.NCCCOC1CCN(C(=O)c2cc(Cl)ccc2OC2CCCC2)CC1. The number of ether oxygens (including phenoxy) is 2. The Morgan fingerprint density at radius 2 is 1.85 bits per heavy atom. The Morgan fingerprint density at radius 1 is 1.15 bits per heavy atom. The van der Waals surface area contributed by atoms with Crippen LogP contribution in [0.5, 0.6) is 5.75 Å². The van der Waals surface area contributed by atoms with Gasteiger partial charge >= 0.3 is 0 Å². The molecule has 2 fully saturated rings. The Morgan fingerprint density at radius 3 is 2.52 bits per heavy atom. The Labute approximate surface area is 172 Å². The van der Waals surface area contributed by atoms with E-state index < -0.39 is 0 Å². The third kappa shape index (κ3) is 6.24. The van der Waals surface area contributed by atoms with E-state index in [0.29, 0.717) is 42.6 Å². The fourth-order valence-electron chi connectivity index (χ4n) is 3.69. The van der Waals surface area contributed by atoms with Gasteiger partial charge < -0.3 is 20.1 Å². The van der Waals surface area contributed by atoms with E-state index in [4.69, 9.17) is 26.8 Å². The molecule has 1 saturated heterocycles. The molecule has 7 heteroatoms. The van der Waals surface area contributed by atoms with Gasteiger partial charge in [0.05, 0.1) is 17.8 Å². The molecule has 0 spiro atoms. The van der Waals surface area contributed by atoms with E-state index in [2.05, 4.69) is 0 Å². The van der Waals surface area contributed by atoms with Gasteiger partial charge in [-0.05, 0) is 69.7 Å². The predicted octanol–water partition coefficient (Wildman–Crippen LogP) is 4.05. The van der Waals surface area contributed by atoms with Crippen molar-refractivity contribution in [2.24, 2.45) is 5.73 Å². The van der Waals surface area contributed by atoms with Crippen LogP contribution >= 0.6 is 24.0 Å². The summed E-state index contributed by atoms with van der Waals surface area (Å²) in [6, 6.07) is 5.36. The van der Waals surface area contributed by atoms with Crippen LogP contribution in [0.2, 0.25) is 5.02 Å². The van der Waals surface area contributed by atoms with Crippen molar-refractivity contribution in [3.05, 3.63) is 28.8 Å². The van der Waals surface area contributed by atoms with Gasteiger partial charge in [-0.15, -0.1) is 12.4 Å². The molecule has 5 nitrogen and oxygen atoms in total. The first-order valence-corrected chi connectivity index (χ1v) is 10.1. The highest BCUT2D eigenvalue weighted by Crippen LogP contribution is 2.30. The summed E-state index contributed by atoms with van der Waals surface area (Å²) in [6.07, 6.45) is 7.53. The second-order valence-electron chi connectivity index (χ2n) is 7.17. The molecule has 0 bridgehead atoms. The molecule has 1 aliphatic carbocycles. The van der Waals surface area contributed by atoms with Crippen LogP contribution in [-0.4, -0.2) is 49.3 Å². The monoisotopic (exact) mass is 416 g/mol. The molecular weight excluding hydrogens is 387 g/mol. The van der Waals surface area contributed by atoms with Crippen molar-refractivity contribution >= 4 is 29.9 Å². The van der Waals surface area contributed by atoms with Crippen molar-refractivity contribution in [1.29, 1.82) is 0 Å². The number of hydrogen-bond acceptors (Lipinski definition) is 4. The number of halogens is 2. The number of benzene rings is 1. The first kappa shape index (κ1) is 22.3. The Bertz CT molecular complexity index is 601. The zero-order valence-corrected chi connectivity index (χ0v) is 17.3. The molecular formula is C20H30Cl2N2O3. The smallest absolute Gasteiger partial charge is 0.257 e. The zero-order valence-electron chi connectivity index (χ0n) is 15.7. The van der Waals surface area contributed by atoms with E-state index in [1.165, 1.54) is 12.8 Å². The largest absolute Gasteiger partial charge is 0.490 e. The van der Waals surface area contributed by atoms with Crippen LogP contribution in [0.15, 0.2) is 18.2 Å². The average Bonchev–Trinajstić information content (AvgIpc) is 3.16. The third-order valence-corrected chi connectivity index (χ3v) is 5.43. The van der Waals surface area contributed by atoms with Crippen LogP contribution in [0.1, 0.15) is 55.3 Å². The lowest BCUT2D eigenvalue weighted by Gasteiger charge is -2.32. The molecule has 0 unspecified atom stereocenters. The number of carbonyl (C=O) groups excluding carboxylic acids is 1. The van der Waals surface area contributed by atoms with Crippen LogP contribution in [0.25, 0.3) is 0 Å². The van der Waals surface area contributed by atoms with Crippen LogP contribution in [-0.2, 0) is 4.74 Å². The molecule has 152 valence electrons. The van der Waals surface area contributed by atoms with Gasteiger partial charge in [-0.3, -0.25) is 4.79 Å². The van der Waals surface area contributed by atoms with Crippen LogP contribution in [0.3, 0.4) is 0 Å². The normalized spacial score (nSPS) is 18.4. The van der Waals surface area contributed by atoms with E-state index in [1.54, 1.807) is 12.1 Å². The number of piperidine rings is 1. The number of likely N-dealkylation sites (tertiary alicyclic amines) is 1. The summed E-state index contributed by atoms with van der Waals surface area (Å²) in [7, 11) is 0. The van der Waals surface area contributed by atoms with Gasteiger partial charge in [0.25, 0.3) is 5.91 Å². The number of nitrogens with two attached hydrogens (primary N) is 1. The molecule has 2 aliphatic rings. The molecule has 1 aliphatic heterocycles. The highest BCUT2D eigenvalue weighted by atomic mass is 35.5. The summed E-state index contributed by atoms with van der Waals surface area (Å²) >= 11 is 6.15. The van der Waals surface area contributed by atoms with Crippen LogP contribution in [0.4, 0.5) is 0 Å². The van der Waals surface area contributed by atoms with Crippen LogP contribution < -0.4 is 10.5 Å². The fraction of sp³-hybridized carbons (Fsp3) is 0.650. The second kappa shape index (κ2) is 11.1. The first-order chi connectivity index (χ1) is 12.7. The van der Waals surface area contributed by atoms with E-state index in [9.17, 15) is 4.79 Å². The lowest BCUT2D eigenvalue weighted by atomic mass is 10.1. The quantitative estimate of drug-likeness (QED) is 0.680. The number of rotatable bonds is 7. The molecule has 2 N–H and O–H groups in total. The van der Waals surface area contributed by atoms with E-state index in [1.807, 2.05) is 11.0 Å². The van der Waals surface area contributed by atoms with Crippen molar-refractivity contribution in [3.8, 4) is 5.75 Å². The van der Waals surface area contributed by atoms with E-state index >= 15 is 0 Å². The third-order valence-electron chi connectivity index (χ3n) is 5.20. The van der Waals surface area contributed by atoms with Gasteiger partial charge in [0.15, 0.2) is 0 Å². The lowest BCUT2D eigenvalue weighted by Crippen LogP contribution is -2.41.